The van der Waals surface area contributed by atoms with Crippen LogP contribution in [-0.4, -0.2) is 8.80 Å². The van der Waals surface area contributed by atoms with Crippen molar-refractivity contribution in [3.05, 3.63) is 211 Å². The van der Waals surface area contributed by atoms with Gasteiger partial charge in [0.05, 0.1) is 51.3 Å². The van der Waals surface area contributed by atoms with E-state index in [2.05, 4.69) is 175 Å². The third-order valence-electron chi connectivity index (χ3n) is 12.7. The summed E-state index contributed by atoms with van der Waals surface area (Å²) in [5.41, 5.74) is 14.4. The fourth-order valence-electron chi connectivity index (χ4n) is 10.2. The van der Waals surface area contributed by atoms with Gasteiger partial charge in [0.2, 0.25) is 0 Å². The zero-order valence-corrected chi connectivity index (χ0v) is 33.2. The highest BCUT2D eigenvalue weighted by Crippen LogP contribution is 2.47. The van der Waals surface area contributed by atoms with Crippen LogP contribution >= 0.6 is 0 Å². The van der Waals surface area contributed by atoms with Gasteiger partial charge in [-0.05, 0) is 103 Å². The van der Waals surface area contributed by atoms with Crippen molar-refractivity contribution < 1.29 is 0 Å². The molecule has 0 atom stereocenters. The molecule has 0 saturated carbocycles. The van der Waals surface area contributed by atoms with Crippen molar-refractivity contribution in [1.82, 2.24) is 8.80 Å². The van der Waals surface area contributed by atoms with Crippen LogP contribution in [0.5, 0.6) is 0 Å². The van der Waals surface area contributed by atoms with Gasteiger partial charge in [0.25, 0.3) is 0 Å². The van der Waals surface area contributed by atoms with E-state index in [1.165, 1.54) is 65.2 Å². The minimum atomic E-state index is 0.609. The molecule has 0 aliphatic rings. The first-order valence-corrected chi connectivity index (χ1v) is 20.7. The van der Waals surface area contributed by atoms with E-state index in [-0.39, 0.29) is 0 Å². The second-order valence-corrected chi connectivity index (χ2v) is 16.0. The summed E-state index contributed by atoms with van der Waals surface area (Å²) in [5, 5.41) is 19.5. The lowest BCUT2D eigenvalue weighted by Gasteiger charge is -2.26. The van der Waals surface area contributed by atoms with E-state index in [1.807, 2.05) is 48.5 Å². The first-order chi connectivity index (χ1) is 30.7. The monoisotopic (exact) mass is 788 g/mol. The number of hydrogen-bond acceptors (Lipinski definition) is 3. The maximum atomic E-state index is 9.78. The van der Waals surface area contributed by atoms with Crippen LogP contribution in [0.3, 0.4) is 0 Å². The first kappa shape index (κ1) is 34.1. The smallest absolute Gasteiger partial charge is 0.189 e. The Morgan fingerprint density at radius 2 is 0.790 bits per heavy atom. The first-order valence-electron chi connectivity index (χ1n) is 20.7. The molecule has 6 nitrogen and oxygen atoms in total. The molecular formula is C56H32N6. The standard InChI is InChI=1S/C56H32N6/c1-58-36-13-9-19-40(29-36)60(38-16-6-3-7-17-38)42-25-27-52-48(31-42)44-21-11-23-46-50-32-53-49(33-54(50)62(52)56(44)46)45-22-10-20-43-47-30-41(24-26-51(47)61(53)55(43)45)59(37-14-4-2-5-15-37)39-18-8-12-35(28-39)34-57/h2-33H. The van der Waals surface area contributed by atoms with E-state index in [4.69, 9.17) is 6.57 Å². The summed E-state index contributed by atoms with van der Waals surface area (Å²) in [4.78, 5) is 8.21. The van der Waals surface area contributed by atoms with E-state index in [1.54, 1.807) is 0 Å². The molecule has 4 aromatic heterocycles. The van der Waals surface area contributed by atoms with Gasteiger partial charge >= 0.3 is 0 Å². The predicted molar refractivity (Wildman–Crippen MR) is 256 cm³/mol. The molecule has 0 aliphatic heterocycles. The van der Waals surface area contributed by atoms with Crippen LogP contribution in [0.4, 0.5) is 39.8 Å². The van der Waals surface area contributed by atoms with E-state index in [0.29, 0.717) is 11.3 Å². The Morgan fingerprint density at radius 3 is 1.27 bits per heavy atom. The lowest BCUT2D eigenvalue weighted by molar-refractivity contribution is 1.28. The Hall–Kier alpha value is -8.84. The molecule has 9 aromatic carbocycles. The second kappa shape index (κ2) is 12.8. The Labute approximate surface area is 355 Å². The van der Waals surface area contributed by atoms with Crippen LogP contribution in [0.15, 0.2) is 194 Å². The van der Waals surface area contributed by atoms with Crippen molar-refractivity contribution in [2.45, 2.75) is 0 Å². The summed E-state index contributed by atoms with van der Waals surface area (Å²) in [6.07, 6.45) is 0. The van der Waals surface area contributed by atoms with Gasteiger partial charge in [-0.15, -0.1) is 0 Å². The van der Waals surface area contributed by atoms with Crippen molar-refractivity contribution in [3.63, 3.8) is 0 Å². The number of rotatable bonds is 6. The van der Waals surface area contributed by atoms with Crippen LogP contribution in [0.2, 0.25) is 0 Å². The van der Waals surface area contributed by atoms with Gasteiger partial charge in [0, 0.05) is 77.2 Å². The van der Waals surface area contributed by atoms with Crippen molar-refractivity contribution in [1.29, 1.82) is 5.26 Å². The zero-order valence-electron chi connectivity index (χ0n) is 33.2. The molecule has 0 fully saturated rings. The molecule has 0 saturated heterocycles. The van der Waals surface area contributed by atoms with Crippen molar-refractivity contribution in [2.75, 3.05) is 9.80 Å². The summed E-state index contributed by atoms with van der Waals surface area (Å²) in [7, 11) is 0. The van der Waals surface area contributed by atoms with Gasteiger partial charge in [-0.25, -0.2) is 4.85 Å². The van der Waals surface area contributed by atoms with Gasteiger partial charge in [0.15, 0.2) is 5.69 Å². The topological polar surface area (TPSA) is 43.5 Å². The van der Waals surface area contributed by atoms with Crippen LogP contribution in [0, 0.1) is 17.9 Å². The van der Waals surface area contributed by atoms with Crippen LogP contribution in [0.1, 0.15) is 5.56 Å². The summed E-state index contributed by atoms with van der Waals surface area (Å²) >= 11 is 0. The number of benzene rings is 9. The fraction of sp³-hybridized carbons (Fsp3) is 0. The van der Waals surface area contributed by atoms with Crippen molar-refractivity contribution >= 4 is 116 Å². The molecule has 0 aliphatic carbocycles. The average molecular weight is 789 g/mol. The highest BCUT2D eigenvalue weighted by Gasteiger charge is 2.24. The maximum absolute atomic E-state index is 9.78. The van der Waals surface area contributed by atoms with E-state index in [0.717, 1.165) is 45.2 Å². The minimum absolute atomic E-state index is 0.609. The second-order valence-electron chi connectivity index (χ2n) is 16.0. The quantitative estimate of drug-likeness (QED) is 0.158. The summed E-state index contributed by atoms with van der Waals surface area (Å²) < 4.78 is 4.92. The zero-order chi connectivity index (χ0) is 41.1. The predicted octanol–water partition coefficient (Wildman–Crippen LogP) is 15.3. The van der Waals surface area contributed by atoms with Crippen LogP contribution < -0.4 is 9.80 Å². The molecule has 0 spiro atoms. The Kier molecular flexibility index (Phi) is 7.05. The molecule has 6 heteroatoms. The summed E-state index contributed by atoms with van der Waals surface area (Å²) in [5.74, 6) is 0. The summed E-state index contributed by atoms with van der Waals surface area (Å²) in [6, 6.07) is 70.5. The normalized spacial score (nSPS) is 11.8. The van der Waals surface area contributed by atoms with Crippen molar-refractivity contribution in [2.24, 2.45) is 0 Å². The maximum Gasteiger partial charge on any atom is 0.189 e. The Morgan fingerprint density at radius 1 is 0.371 bits per heavy atom. The van der Waals surface area contributed by atoms with Crippen LogP contribution in [0.25, 0.3) is 81.0 Å². The van der Waals surface area contributed by atoms with Crippen LogP contribution in [-0.2, 0) is 0 Å². The third kappa shape index (κ3) is 4.72. The van der Waals surface area contributed by atoms with Gasteiger partial charge in [0.1, 0.15) is 0 Å². The Bertz CT molecular complexity index is 3750. The molecule has 0 radical (unpaired) electrons. The number of para-hydroxylation sites is 4. The molecule has 286 valence electrons. The fourth-order valence-corrected chi connectivity index (χ4v) is 10.2. The van der Waals surface area contributed by atoms with Crippen molar-refractivity contribution in [3.8, 4) is 6.07 Å². The number of nitrogens with zero attached hydrogens (tertiary/aromatic N) is 6. The van der Waals surface area contributed by atoms with E-state index >= 15 is 0 Å². The molecule has 0 unspecified atom stereocenters. The molecule has 13 aromatic rings. The van der Waals surface area contributed by atoms with Gasteiger partial charge < -0.3 is 18.6 Å². The number of anilines is 6. The number of aromatic nitrogens is 2. The summed E-state index contributed by atoms with van der Waals surface area (Å²) in [6.45, 7) is 7.70. The lowest BCUT2D eigenvalue weighted by atomic mass is 10.0. The molecule has 13 rings (SSSR count). The van der Waals surface area contributed by atoms with E-state index in [9.17, 15) is 5.26 Å². The molecular weight excluding hydrogens is 757 g/mol. The largest absolute Gasteiger partial charge is 0.312 e. The Balaban J connectivity index is 1.02. The molecule has 0 amide bonds. The molecule has 0 N–H and O–H groups in total. The number of hydrogen-bond donors (Lipinski definition) is 0. The molecule has 62 heavy (non-hydrogen) atoms. The third-order valence-corrected chi connectivity index (χ3v) is 12.7. The highest BCUT2D eigenvalue weighted by atomic mass is 15.1. The number of nitriles is 1. The van der Waals surface area contributed by atoms with Gasteiger partial charge in [-0.1, -0.05) is 91.0 Å². The SMILES string of the molecule is [C-]#[N+]c1cccc(N(c2ccccc2)c2ccc3c(c2)c2cccc4c5cc6c(cc5n3c24)c2cccc3c4cc(N(c5ccccc5)c5cccc(C#N)c5)ccc4n6c32)c1. The highest BCUT2D eigenvalue weighted by molar-refractivity contribution is 6.29. The average Bonchev–Trinajstić information content (AvgIpc) is 4.05. The lowest BCUT2D eigenvalue weighted by Crippen LogP contribution is -2.09. The molecule has 4 heterocycles. The van der Waals surface area contributed by atoms with Gasteiger partial charge in [-0.2, -0.15) is 5.26 Å². The molecule has 0 bridgehead atoms. The number of fused-ring (bicyclic) bond motifs is 12. The van der Waals surface area contributed by atoms with E-state index < -0.39 is 0 Å². The van der Waals surface area contributed by atoms with Gasteiger partial charge in [-0.3, -0.25) is 0 Å². The minimum Gasteiger partial charge on any atom is -0.312 e.